The minimum Gasteiger partial charge on any atom is -0.478 e. The van der Waals surface area contributed by atoms with Crippen LogP contribution in [0, 0.1) is 16.0 Å². The first-order valence-electron chi connectivity index (χ1n) is 7.29. The van der Waals surface area contributed by atoms with E-state index < -0.39 is 10.9 Å². The van der Waals surface area contributed by atoms with Gasteiger partial charge in [-0.3, -0.25) is 10.1 Å². The molecule has 0 amide bonds. The molecular weight excluding hydrogens is 272 g/mol. The summed E-state index contributed by atoms with van der Waals surface area (Å²) in [5, 5.41) is 23.2. The van der Waals surface area contributed by atoms with Gasteiger partial charge < -0.3 is 10.4 Å². The fourth-order valence-electron chi connectivity index (χ4n) is 2.89. The number of nitrogens with zero attached hydrogens (tertiary/aromatic N) is 1. The lowest BCUT2D eigenvalue weighted by Crippen LogP contribution is -2.26. The summed E-state index contributed by atoms with van der Waals surface area (Å²) in [6, 6.07) is 4.02. The van der Waals surface area contributed by atoms with Gasteiger partial charge in [0.15, 0.2) is 0 Å². The Morgan fingerprint density at radius 1 is 1.38 bits per heavy atom. The van der Waals surface area contributed by atoms with Crippen LogP contribution in [0.2, 0.25) is 0 Å². The summed E-state index contributed by atoms with van der Waals surface area (Å²) in [6.45, 7) is 2.18. The van der Waals surface area contributed by atoms with Crippen molar-refractivity contribution in [2.75, 3.05) is 5.32 Å². The molecule has 1 aromatic carbocycles. The first-order valence-corrected chi connectivity index (χ1v) is 7.29. The minimum absolute atomic E-state index is 0.0817. The molecule has 21 heavy (non-hydrogen) atoms. The zero-order valence-corrected chi connectivity index (χ0v) is 12.0. The number of non-ortho nitro benzene ring substituents is 1. The molecule has 0 bridgehead atoms. The third-order valence-corrected chi connectivity index (χ3v) is 4.23. The maximum atomic E-state index is 11.2. The van der Waals surface area contributed by atoms with Crippen LogP contribution < -0.4 is 5.32 Å². The molecule has 6 nitrogen and oxygen atoms in total. The van der Waals surface area contributed by atoms with Gasteiger partial charge in [-0.1, -0.05) is 13.3 Å². The molecule has 0 aromatic heterocycles. The second-order valence-electron chi connectivity index (χ2n) is 5.56. The van der Waals surface area contributed by atoms with Crippen molar-refractivity contribution in [3.8, 4) is 0 Å². The smallest absolute Gasteiger partial charge is 0.337 e. The maximum absolute atomic E-state index is 11.2. The van der Waals surface area contributed by atoms with Gasteiger partial charge in [-0.2, -0.15) is 0 Å². The molecule has 2 N–H and O–H groups in total. The van der Waals surface area contributed by atoms with Crippen LogP contribution >= 0.6 is 0 Å². The van der Waals surface area contributed by atoms with Gasteiger partial charge in [-0.25, -0.2) is 4.79 Å². The predicted octanol–water partition coefficient (Wildman–Crippen LogP) is 3.67. The van der Waals surface area contributed by atoms with E-state index in [1.807, 2.05) is 0 Å². The van der Waals surface area contributed by atoms with E-state index in [0.29, 0.717) is 5.69 Å². The zero-order chi connectivity index (χ0) is 15.4. The number of nitro benzene ring substituents is 1. The van der Waals surface area contributed by atoms with Gasteiger partial charge in [-0.05, 0) is 37.7 Å². The van der Waals surface area contributed by atoms with Crippen LogP contribution in [0.15, 0.2) is 18.2 Å². The van der Waals surface area contributed by atoms with Crippen LogP contribution in [-0.4, -0.2) is 22.0 Å². The average molecular weight is 292 g/mol. The molecule has 0 spiro atoms. The number of nitrogens with one attached hydrogen (secondary N) is 1. The number of hydrogen-bond donors (Lipinski definition) is 2. The highest BCUT2D eigenvalue weighted by atomic mass is 16.6. The lowest BCUT2D eigenvalue weighted by atomic mass is 9.84. The largest absolute Gasteiger partial charge is 0.478 e. The molecule has 1 aliphatic carbocycles. The van der Waals surface area contributed by atoms with Gasteiger partial charge in [0.25, 0.3) is 5.69 Å². The summed E-state index contributed by atoms with van der Waals surface area (Å²) in [5.74, 6) is -0.332. The fraction of sp³-hybridized carbons (Fsp3) is 0.533. The van der Waals surface area contributed by atoms with Gasteiger partial charge in [0.05, 0.1) is 16.2 Å². The fourth-order valence-corrected chi connectivity index (χ4v) is 2.89. The molecular formula is C15H20N2O4. The average Bonchev–Trinajstić information content (AvgIpc) is 2.47. The molecule has 1 saturated carbocycles. The van der Waals surface area contributed by atoms with E-state index >= 15 is 0 Å². The minimum atomic E-state index is -1.07. The number of carboxylic acid groups (broad SMARTS) is 1. The Hall–Kier alpha value is -2.11. The Morgan fingerprint density at radius 2 is 2.05 bits per heavy atom. The van der Waals surface area contributed by atoms with E-state index in [1.54, 1.807) is 0 Å². The molecule has 1 aliphatic rings. The van der Waals surface area contributed by atoms with Gasteiger partial charge in [0.1, 0.15) is 0 Å². The highest BCUT2D eigenvalue weighted by Gasteiger charge is 2.22. The van der Waals surface area contributed by atoms with Crippen LogP contribution in [0.5, 0.6) is 0 Å². The molecule has 0 saturated heterocycles. The van der Waals surface area contributed by atoms with E-state index in [-0.39, 0.29) is 17.3 Å². The number of carboxylic acids is 1. The van der Waals surface area contributed by atoms with E-state index in [9.17, 15) is 20.0 Å². The predicted molar refractivity (Wildman–Crippen MR) is 79.7 cm³/mol. The second-order valence-corrected chi connectivity index (χ2v) is 5.56. The molecule has 6 heteroatoms. The molecule has 0 unspecified atom stereocenters. The lowest BCUT2D eigenvalue weighted by molar-refractivity contribution is -0.384. The highest BCUT2D eigenvalue weighted by Crippen LogP contribution is 2.30. The quantitative estimate of drug-likeness (QED) is 0.638. The molecule has 0 atom stereocenters. The molecule has 0 aliphatic heterocycles. The molecule has 1 fully saturated rings. The van der Waals surface area contributed by atoms with Gasteiger partial charge in [0, 0.05) is 18.2 Å². The van der Waals surface area contributed by atoms with Crippen molar-refractivity contribution in [1.29, 1.82) is 0 Å². The Balaban J connectivity index is 2.15. The Bertz CT molecular complexity index is 536. The van der Waals surface area contributed by atoms with Crippen molar-refractivity contribution in [3.63, 3.8) is 0 Å². The van der Waals surface area contributed by atoms with Crippen molar-refractivity contribution >= 4 is 17.3 Å². The van der Waals surface area contributed by atoms with Crippen LogP contribution in [0.25, 0.3) is 0 Å². The summed E-state index contributed by atoms with van der Waals surface area (Å²) in [7, 11) is 0. The summed E-state index contributed by atoms with van der Waals surface area (Å²) in [6.07, 6.45) is 5.35. The molecule has 2 rings (SSSR count). The Kier molecular flexibility index (Phi) is 4.77. The van der Waals surface area contributed by atoms with Gasteiger partial charge >= 0.3 is 5.97 Å². The molecule has 0 heterocycles. The van der Waals surface area contributed by atoms with Crippen molar-refractivity contribution in [1.82, 2.24) is 0 Å². The SMILES string of the molecule is CCC1CCC(Nc2cc([N+](=O)[O-])ccc2C(=O)O)CC1. The van der Waals surface area contributed by atoms with E-state index in [0.717, 1.165) is 31.6 Å². The van der Waals surface area contributed by atoms with Gasteiger partial charge in [-0.15, -0.1) is 0 Å². The third-order valence-electron chi connectivity index (χ3n) is 4.23. The maximum Gasteiger partial charge on any atom is 0.337 e. The van der Waals surface area contributed by atoms with Crippen LogP contribution in [0.3, 0.4) is 0 Å². The summed E-state index contributed by atoms with van der Waals surface area (Å²) in [4.78, 5) is 21.6. The van der Waals surface area contributed by atoms with E-state index in [1.165, 1.54) is 24.6 Å². The monoisotopic (exact) mass is 292 g/mol. The number of aromatic carboxylic acids is 1. The number of nitro groups is 1. The van der Waals surface area contributed by atoms with Gasteiger partial charge in [0.2, 0.25) is 0 Å². The third kappa shape index (κ3) is 3.71. The number of carbonyl (C=O) groups is 1. The zero-order valence-electron chi connectivity index (χ0n) is 12.0. The van der Waals surface area contributed by atoms with Crippen LogP contribution in [-0.2, 0) is 0 Å². The lowest BCUT2D eigenvalue weighted by Gasteiger charge is -2.29. The van der Waals surface area contributed by atoms with Crippen molar-refractivity contribution < 1.29 is 14.8 Å². The Morgan fingerprint density at radius 3 is 2.57 bits per heavy atom. The summed E-state index contributed by atoms with van der Waals surface area (Å²) >= 11 is 0. The normalized spacial score (nSPS) is 21.8. The Labute approximate surface area is 123 Å². The van der Waals surface area contributed by atoms with Crippen LogP contribution in [0.4, 0.5) is 11.4 Å². The van der Waals surface area contributed by atoms with Crippen LogP contribution in [0.1, 0.15) is 49.4 Å². The number of rotatable bonds is 5. The topological polar surface area (TPSA) is 92.5 Å². The molecule has 1 aromatic rings. The van der Waals surface area contributed by atoms with Crippen molar-refractivity contribution in [2.24, 2.45) is 5.92 Å². The first-order chi connectivity index (χ1) is 10.0. The van der Waals surface area contributed by atoms with E-state index in [4.69, 9.17) is 0 Å². The summed E-state index contributed by atoms with van der Waals surface area (Å²) in [5.41, 5.74) is 0.333. The standard InChI is InChI=1S/C15H20N2O4/c1-2-10-3-5-11(6-4-10)16-14-9-12(17(20)21)7-8-13(14)15(18)19/h7-11,16H,2-6H2,1H3,(H,18,19). The first kappa shape index (κ1) is 15.3. The number of benzene rings is 1. The summed E-state index contributed by atoms with van der Waals surface area (Å²) < 4.78 is 0. The van der Waals surface area contributed by atoms with Crippen molar-refractivity contribution in [3.05, 3.63) is 33.9 Å². The number of hydrogen-bond acceptors (Lipinski definition) is 4. The highest BCUT2D eigenvalue weighted by molar-refractivity contribution is 5.94. The second kappa shape index (κ2) is 6.56. The number of anilines is 1. The van der Waals surface area contributed by atoms with E-state index in [2.05, 4.69) is 12.2 Å². The molecule has 114 valence electrons. The molecule has 0 radical (unpaired) electrons. The van der Waals surface area contributed by atoms with Crippen molar-refractivity contribution in [2.45, 2.75) is 45.1 Å².